The van der Waals surface area contributed by atoms with Crippen LogP contribution in [0.2, 0.25) is 0 Å². The first kappa shape index (κ1) is 20.4. The molecule has 27 heavy (non-hydrogen) atoms. The smallest absolute Gasteiger partial charge is 0.342 e. The average molecular weight is 393 g/mol. The van der Waals surface area contributed by atoms with E-state index < -0.39 is 0 Å². The summed E-state index contributed by atoms with van der Waals surface area (Å²) in [7, 11) is 0. The van der Waals surface area contributed by atoms with Gasteiger partial charge in [-0.1, -0.05) is 25.6 Å². The van der Waals surface area contributed by atoms with Gasteiger partial charge in [0.25, 0.3) is 0 Å². The number of hydrogen-bond donors (Lipinski definition) is 0. The molecule has 2 heterocycles. The molecule has 6 nitrogen and oxygen atoms in total. The third-order valence-corrected chi connectivity index (χ3v) is 6.78. The van der Waals surface area contributed by atoms with E-state index in [1.54, 1.807) is 0 Å². The highest BCUT2D eigenvalue weighted by atomic mass is 32.2. The molecule has 0 aromatic carbocycles. The zero-order valence-electron chi connectivity index (χ0n) is 16.7. The molecule has 3 rings (SSSR count). The summed E-state index contributed by atoms with van der Waals surface area (Å²) in [6.45, 7) is 9.61. The molecule has 1 amide bonds. The number of likely N-dealkylation sites (N-methyl/N-ethyl adjacent to an activating group) is 1. The maximum atomic E-state index is 12.7. The van der Waals surface area contributed by atoms with Crippen LogP contribution < -0.4 is 5.69 Å². The molecule has 0 unspecified atom stereocenters. The third kappa shape index (κ3) is 4.93. The van der Waals surface area contributed by atoms with Crippen LogP contribution in [-0.4, -0.2) is 63.7 Å². The minimum absolute atomic E-state index is 0.154. The molecule has 0 atom stereocenters. The minimum Gasteiger partial charge on any atom is -0.342 e. The van der Waals surface area contributed by atoms with Gasteiger partial charge in [0.15, 0.2) is 0 Å². The molecule has 1 aliphatic heterocycles. The van der Waals surface area contributed by atoms with Crippen molar-refractivity contribution in [2.45, 2.75) is 63.9 Å². The van der Waals surface area contributed by atoms with E-state index in [1.165, 1.54) is 17.3 Å². The van der Waals surface area contributed by atoms with Gasteiger partial charge in [-0.2, -0.15) is 4.98 Å². The molecule has 0 N–H and O–H groups in total. The van der Waals surface area contributed by atoms with Crippen LogP contribution in [0.25, 0.3) is 0 Å². The molecule has 2 aliphatic rings. The topological polar surface area (TPSA) is 58.4 Å². The van der Waals surface area contributed by atoms with Crippen molar-refractivity contribution in [1.82, 2.24) is 19.4 Å². The van der Waals surface area contributed by atoms with Crippen LogP contribution >= 0.6 is 11.8 Å². The second-order valence-corrected chi connectivity index (χ2v) is 8.35. The normalized spacial score (nSPS) is 16.8. The number of aromatic nitrogens is 2. The molecule has 1 aliphatic carbocycles. The van der Waals surface area contributed by atoms with E-state index in [1.807, 2.05) is 9.47 Å². The Kier molecular flexibility index (Phi) is 7.35. The van der Waals surface area contributed by atoms with E-state index in [4.69, 9.17) is 0 Å². The Morgan fingerprint density at radius 1 is 1.11 bits per heavy atom. The third-order valence-electron chi connectivity index (χ3n) is 5.78. The van der Waals surface area contributed by atoms with Crippen molar-refractivity contribution in [1.29, 1.82) is 0 Å². The fourth-order valence-electron chi connectivity index (χ4n) is 4.07. The second kappa shape index (κ2) is 9.73. The first-order chi connectivity index (χ1) is 13.1. The fourth-order valence-corrected chi connectivity index (χ4v) is 5.05. The lowest BCUT2D eigenvalue weighted by atomic mass is 9.97. The van der Waals surface area contributed by atoms with Gasteiger partial charge < -0.3 is 9.80 Å². The number of nitrogens with zero attached hydrogens (tertiary/aromatic N) is 4. The minimum atomic E-state index is -0.154. The molecule has 0 saturated carbocycles. The summed E-state index contributed by atoms with van der Waals surface area (Å²) < 4.78 is 1.89. The van der Waals surface area contributed by atoms with Crippen LogP contribution in [0.15, 0.2) is 9.82 Å². The zero-order chi connectivity index (χ0) is 19.2. The molecule has 1 fully saturated rings. The van der Waals surface area contributed by atoms with Gasteiger partial charge >= 0.3 is 5.69 Å². The van der Waals surface area contributed by atoms with Gasteiger partial charge in [0, 0.05) is 37.4 Å². The number of hydrogen-bond acceptors (Lipinski definition) is 5. The van der Waals surface area contributed by atoms with E-state index in [-0.39, 0.29) is 11.6 Å². The molecular formula is C20H32N4O2S. The Labute approximate surface area is 166 Å². The summed E-state index contributed by atoms with van der Waals surface area (Å²) in [5.74, 6) is 0.567. The van der Waals surface area contributed by atoms with Gasteiger partial charge in [0.2, 0.25) is 5.91 Å². The standard InChI is InChI=1S/C20H32N4O2S/c1-3-22(4-2)13-14-24-17-10-6-5-9-16(17)19(21-20(24)26)27-15-18(25)23-11-7-8-12-23/h3-15H2,1-2H3. The Morgan fingerprint density at radius 2 is 1.81 bits per heavy atom. The van der Waals surface area contributed by atoms with Crippen molar-refractivity contribution in [3.8, 4) is 0 Å². The summed E-state index contributed by atoms with van der Waals surface area (Å²) in [6, 6.07) is 0. The summed E-state index contributed by atoms with van der Waals surface area (Å²) in [5, 5.41) is 0.793. The van der Waals surface area contributed by atoms with Gasteiger partial charge in [-0.15, -0.1) is 0 Å². The lowest BCUT2D eigenvalue weighted by Gasteiger charge is -2.25. The maximum Gasteiger partial charge on any atom is 0.348 e. The van der Waals surface area contributed by atoms with Crippen molar-refractivity contribution in [2.24, 2.45) is 0 Å². The van der Waals surface area contributed by atoms with E-state index in [0.717, 1.165) is 82.0 Å². The summed E-state index contributed by atoms with van der Waals surface area (Å²) in [4.78, 5) is 33.8. The first-order valence-electron chi connectivity index (χ1n) is 10.4. The van der Waals surface area contributed by atoms with E-state index in [0.29, 0.717) is 12.3 Å². The number of fused-ring (bicyclic) bond motifs is 1. The highest BCUT2D eigenvalue weighted by Crippen LogP contribution is 2.28. The number of likely N-dealkylation sites (tertiary alicyclic amines) is 1. The molecule has 1 aromatic rings. The van der Waals surface area contributed by atoms with Crippen molar-refractivity contribution < 1.29 is 4.79 Å². The molecular weight excluding hydrogens is 360 g/mol. The summed E-state index contributed by atoms with van der Waals surface area (Å²) >= 11 is 1.46. The van der Waals surface area contributed by atoms with E-state index in [9.17, 15) is 9.59 Å². The molecule has 0 radical (unpaired) electrons. The zero-order valence-corrected chi connectivity index (χ0v) is 17.5. The van der Waals surface area contributed by atoms with Gasteiger partial charge in [0.1, 0.15) is 5.03 Å². The Bertz CT molecular complexity index is 709. The number of amides is 1. The largest absolute Gasteiger partial charge is 0.348 e. The van der Waals surface area contributed by atoms with Crippen LogP contribution in [0.4, 0.5) is 0 Å². The Balaban J connectivity index is 1.76. The molecule has 0 spiro atoms. The lowest BCUT2D eigenvalue weighted by molar-refractivity contribution is -0.127. The van der Waals surface area contributed by atoms with Crippen molar-refractivity contribution in [2.75, 3.05) is 38.5 Å². The SMILES string of the molecule is CCN(CC)CCn1c2c(c(SCC(=O)N3CCCC3)nc1=O)CCCC2. The first-order valence-corrected chi connectivity index (χ1v) is 11.4. The Morgan fingerprint density at radius 3 is 2.52 bits per heavy atom. The molecule has 150 valence electrons. The quantitative estimate of drug-likeness (QED) is 0.501. The fraction of sp³-hybridized carbons (Fsp3) is 0.750. The number of rotatable bonds is 8. The van der Waals surface area contributed by atoms with Gasteiger partial charge in [-0.05, 0) is 51.6 Å². The van der Waals surface area contributed by atoms with Crippen LogP contribution in [0, 0.1) is 0 Å². The molecule has 7 heteroatoms. The average Bonchev–Trinajstić information content (AvgIpc) is 3.23. The van der Waals surface area contributed by atoms with Gasteiger partial charge in [0.05, 0.1) is 5.75 Å². The second-order valence-electron chi connectivity index (χ2n) is 7.39. The van der Waals surface area contributed by atoms with Crippen molar-refractivity contribution >= 4 is 17.7 Å². The van der Waals surface area contributed by atoms with Crippen molar-refractivity contribution in [3.05, 3.63) is 21.7 Å². The summed E-state index contributed by atoms with van der Waals surface area (Å²) in [6.07, 6.45) is 6.38. The highest BCUT2D eigenvalue weighted by molar-refractivity contribution is 7.99. The Hall–Kier alpha value is -1.34. The van der Waals surface area contributed by atoms with E-state index in [2.05, 4.69) is 23.7 Å². The van der Waals surface area contributed by atoms with E-state index >= 15 is 0 Å². The predicted octanol–water partition coefficient (Wildman–Crippen LogP) is 2.18. The number of carbonyl (C=O) groups is 1. The van der Waals surface area contributed by atoms with Crippen molar-refractivity contribution in [3.63, 3.8) is 0 Å². The van der Waals surface area contributed by atoms with Gasteiger partial charge in [-0.3, -0.25) is 9.36 Å². The van der Waals surface area contributed by atoms with Crippen LogP contribution in [0.1, 0.15) is 50.8 Å². The van der Waals surface area contributed by atoms with Crippen LogP contribution in [0.5, 0.6) is 0 Å². The molecule has 0 bridgehead atoms. The van der Waals surface area contributed by atoms with Gasteiger partial charge in [-0.25, -0.2) is 4.79 Å². The predicted molar refractivity (Wildman–Crippen MR) is 109 cm³/mol. The maximum absolute atomic E-state index is 12.7. The summed E-state index contributed by atoms with van der Waals surface area (Å²) in [5.41, 5.74) is 2.21. The molecule has 1 aromatic heterocycles. The number of thioether (sulfide) groups is 1. The molecule has 1 saturated heterocycles. The highest BCUT2D eigenvalue weighted by Gasteiger charge is 2.23. The number of carbonyl (C=O) groups excluding carboxylic acids is 1. The van der Waals surface area contributed by atoms with Crippen LogP contribution in [0.3, 0.4) is 0 Å². The lowest BCUT2D eigenvalue weighted by Crippen LogP contribution is -2.35. The van der Waals surface area contributed by atoms with Crippen LogP contribution in [-0.2, 0) is 24.2 Å². The monoisotopic (exact) mass is 392 g/mol.